The second-order valence-electron chi connectivity index (χ2n) is 23.7. The van der Waals surface area contributed by atoms with E-state index in [0.29, 0.717) is 17.4 Å². The Balaban J connectivity index is 4.09. The van der Waals surface area contributed by atoms with Gasteiger partial charge in [0.1, 0.15) is 13.2 Å². The van der Waals surface area contributed by atoms with Gasteiger partial charge in [0.25, 0.3) is 0 Å². The summed E-state index contributed by atoms with van der Waals surface area (Å²) in [7, 11) is 5.93. The minimum absolute atomic E-state index is 0.146. The lowest BCUT2D eigenvalue weighted by atomic mass is 10.0. The van der Waals surface area contributed by atoms with Crippen LogP contribution in [-0.2, 0) is 33.3 Å². The summed E-state index contributed by atoms with van der Waals surface area (Å²) in [5.74, 6) is -2.28. The van der Waals surface area contributed by atoms with Crippen molar-refractivity contribution in [1.82, 2.24) is 0 Å². The molecule has 9 nitrogen and oxygen atoms in total. The molecular formula is C72H127NO8. The number of carbonyl (C=O) groups is 3. The van der Waals surface area contributed by atoms with E-state index in [9.17, 15) is 19.5 Å². The van der Waals surface area contributed by atoms with E-state index in [0.717, 1.165) is 70.6 Å². The first-order valence-electron chi connectivity index (χ1n) is 33.7. The van der Waals surface area contributed by atoms with Gasteiger partial charge in [-0.2, -0.15) is 0 Å². The maximum atomic E-state index is 12.9. The molecule has 81 heavy (non-hydrogen) atoms. The van der Waals surface area contributed by atoms with Crippen LogP contribution in [0.3, 0.4) is 0 Å². The van der Waals surface area contributed by atoms with E-state index in [1.165, 1.54) is 193 Å². The van der Waals surface area contributed by atoms with Crippen molar-refractivity contribution in [3.8, 4) is 0 Å². The highest BCUT2D eigenvalue weighted by atomic mass is 16.7. The van der Waals surface area contributed by atoms with Crippen molar-refractivity contribution in [2.75, 3.05) is 47.5 Å². The molecule has 0 aromatic rings. The van der Waals surface area contributed by atoms with Gasteiger partial charge in [0, 0.05) is 12.8 Å². The Kier molecular flexibility index (Phi) is 59.8. The zero-order valence-corrected chi connectivity index (χ0v) is 53.4. The molecule has 2 atom stereocenters. The lowest BCUT2D eigenvalue weighted by Crippen LogP contribution is -2.44. The number of ether oxygens (including phenoxy) is 4. The lowest BCUT2D eigenvalue weighted by Gasteiger charge is -2.26. The fraction of sp³-hybridized carbons (Fsp3) is 0.764. The van der Waals surface area contributed by atoms with Gasteiger partial charge >= 0.3 is 11.9 Å². The molecule has 0 aromatic carbocycles. The van der Waals surface area contributed by atoms with Gasteiger partial charge in [-0.3, -0.25) is 9.59 Å². The Bertz CT molecular complexity index is 1600. The highest BCUT2D eigenvalue weighted by molar-refractivity contribution is 5.70. The van der Waals surface area contributed by atoms with Crippen LogP contribution in [0, 0.1) is 0 Å². The number of esters is 2. The van der Waals surface area contributed by atoms with E-state index in [1.54, 1.807) is 0 Å². The van der Waals surface area contributed by atoms with Gasteiger partial charge in [-0.1, -0.05) is 279 Å². The summed E-state index contributed by atoms with van der Waals surface area (Å²) >= 11 is 0. The molecule has 0 aliphatic heterocycles. The predicted molar refractivity (Wildman–Crippen MR) is 343 cm³/mol. The van der Waals surface area contributed by atoms with Gasteiger partial charge in [0.05, 0.1) is 40.3 Å². The van der Waals surface area contributed by atoms with Crippen LogP contribution < -0.4 is 5.11 Å². The zero-order valence-electron chi connectivity index (χ0n) is 53.4. The van der Waals surface area contributed by atoms with Crippen LogP contribution >= 0.6 is 0 Å². The molecular weight excluding hydrogens is 1010 g/mol. The number of allylic oxidation sites excluding steroid dienone is 14. The third-order valence-electron chi connectivity index (χ3n) is 14.6. The molecule has 0 fully saturated rings. The van der Waals surface area contributed by atoms with Crippen molar-refractivity contribution in [2.45, 2.75) is 309 Å². The molecule has 0 aromatic heterocycles. The summed E-state index contributed by atoms with van der Waals surface area (Å²) < 4.78 is 22.8. The Morgan fingerprint density at radius 1 is 0.383 bits per heavy atom. The summed E-state index contributed by atoms with van der Waals surface area (Å²) in [4.78, 5) is 37.4. The van der Waals surface area contributed by atoms with E-state index in [2.05, 4.69) is 98.9 Å². The Labute approximate surface area is 500 Å². The SMILES string of the molecule is CC/C=C\C/C=C\C/C=C\C/C=C\C/C=C\CCCCCCCCCCCCCCCCCCCCCC(=O)OC(COC(=O)CCCCCCCCCCC/C=C\C/C=C\CCCCCCC)COC(OCC[N+](C)(C)C)C(=O)[O-]. The molecule has 0 spiro atoms. The third kappa shape index (κ3) is 63.9. The Morgan fingerprint density at radius 3 is 1.05 bits per heavy atom. The highest BCUT2D eigenvalue weighted by Crippen LogP contribution is 2.17. The summed E-state index contributed by atoms with van der Waals surface area (Å²) in [6.45, 7) is 4.65. The quantitative estimate of drug-likeness (QED) is 0.0195. The van der Waals surface area contributed by atoms with Gasteiger partial charge < -0.3 is 33.3 Å². The molecule has 0 N–H and O–H groups in total. The topological polar surface area (TPSA) is 111 Å². The standard InChI is InChI=1S/C72H127NO8/c1-6-8-10-12-14-16-18-20-22-24-26-28-29-30-31-32-33-34-35-36-37-38-39-40-41-43-45-47-49-51-53-55-57-59-61-63-70(75)81-68(67-80-72(71(76)77)78-65-64-73(3,4)5)66-79-69(74)62-60-58-56-54-52-50-48-46-44-42-27-25-23-21-19-17-15-13-11-9-7-2/h8,10,14,16,19-22,25-28,30-31,68,72H,6-7,9,11-13,15,17-18,23-24,29,32-67H2,1-5H3/b10-8-,16-14-,21-19-,22-20-,27-25-,28-26-,31-30-. The first-order chi connectivity index (χ1) is 39.6. The fourth-order valence-electron chi connectivity index (χ4n) is 9.48. The fourth-order valence-corrected chi connectivity index (χ4v) is 9.48. The third-order valence-corrected chi connectivity index (χ3v) is 14.6. The summed E-state index contributed by atoms with van der Waals surface area (Å²) in [5, 5.41) is 11.8. The van der Waals surface area contributed by atoms with E-state index < -0.39 is 24.3 Å². The minimum Gasteiger partial charge on any atom is -0.545 e. The zero-order chi connectivity index (χ0) is 59.1. The number of carboxylic acids is 1. The van der Waals surface area contributed by atoms with E-state index >= 15 is 0 Å². The van der Waals surface area contributed by atoms with Crippen LogP contribution in [0.4, 0.5) is 0 Å². The second kappa shape index (κ2) is 62.5. The molecule has 0 aliphatic carbocycles. The van der Waals surface area contributed by atoms with Gasteiger partial charge in [-0.05, 0) is 89.9 Å². The van der Waals surface area contributed by atoms with E-state index in [4.69, 9.17) is 18.9 Å². The van der Waals surface area contributed by atoms with Crippen molar-refractivity contribution in [3.05, 3.63) is 85.1 Å². The van der Waals surface area contributed by atoms with Gasteiger partial charge in [0.15, 0.2) is 12.4 Å². The van der Waals surface area contributed by atoms with Gasteiger partial charge in [0.2, 0.25) is 0 Å². The molecule has 0 amide bonds. The normalized spacial score (nSPS) is 13.2. The van der Waals surface area contributed by atoms with Gasteiger partial charge in [-0.15, -0.1) is 0 Å². The number of hydrogen-bond donors (Lipinski definition) is 0. The van der Waals surface area contributed by atoms with Crippen molar-refractivity contribution < 1.29 is 42.9 Å². The number of hydrogen-bond acceptors (Lipinski definition) is 8. The minimum atomic E-state index is -1.62. The summed E-state index contributed by atoms with van der Waals surface area (Å²) in [5.41, 5.74) is 0. The molecule has 9 heteroatoms. The molecule has 0 radical (unpaired) electrons. The Morgan fingerprint density at radius 2 is 0.704 bits per heavy atom. The highest BCUT2D eigenvalue weighted by Gasteiger charge is 2.22. The van der Waals surface area contributed by atoms with Crippen molar-refractivity contribution in [2.24, 2.45) is 0 Å². The lowest BCUT2D eigenvalue weighted by molar-refractivity contribution is -0.870. The Hall–Kier alpha value is -3.53. The van der Waals surface area contributed by atoms with Crippen molar-refractivity contribution >= 4 is 17.9 Å². The van der Waals surface area contributed by atoms with Crippen LogP contribution in [0.1, 0.15) is 296 Å². The van der Waals surface area contributed by atoms with Crippen LogP contribution in [-0.4, -0.2) is 82.3 Å². The van der Waals surface area contributed by atoms with Crippen molar-refractivity contribution in [1.29, 1.82) is 0 Å². The number of rotatable bonds is 62. The molecule has 0 saturated carbocycles. The number of carboxylic acid groups (broad SMARTS) is 1. The molecule has 0 aliphatic rings. The molecule has 0 rings (SSSR count). The second-order valence-corrected chi connectivity index (χ2v) is 23.7. The summed E-state index contributed by atoms with van der Waals surface area (Å²) in [6, 6.07) is 0. The first-order valence-corrected chi connectivity index (χ1v) is 33.7. The van der Waals surface area contributed by atoms with Crippen LogP contribution in [0.25, 0.3) is 0 Å². The van der Waals surface area contributed by atoms with Crippen LogP contribution in [0.15, 0.2) is 85.1 Å². The molecule has 0 heterocycles. The van der Waals surface area contributed by atoms with Crippen LogP contribution in [0.5, 0.6) is 0 Å². The number of nitrogens with zero attached hydrogens (tertiary/aromatic N) is 1. The van der Waals surface area contributed by atoms with E-state index in [-0.39, 0.29) is 38.6 Å². The predicted octanol–water partition coefficient (Wildman–Crippen LogP) is 19.4. The largest absolute Gasteiger partial charge is 0.545 e. The number of unbranched alkanes of at least 4 members (excludes halogenated alkanes) is 33. The number of aliphatic carboxylic acids is 1. The van der Waals surface area contributed by atoms with E-state index in [1.807, 2.05) is 21.1 Å². The number of quaternary nitrogens is 1. The average molecular weight is 1130 g/mol. The first kappa shape index (κ1) is 77.5. The molecule has 2 unspecified atom stereocenters. The molecule has 468 valence electrons. The monoisotopic (exact) mass is 1130 g/mol. The maximum Gasteiger partial charge on any atom is 0.306 e. The van der Waals surface area contributed by atoms with Gasteiger partial charge in [-0.25, -0.2) is 0 Å². The summed E-state index contributed by atoms with van der Waals surface area (Å²) in [6.07, 6.45) is 80.8. The average Bonchev–Trinajstić information content (AvgIpc) is 3.44. The molecule has 0 bridgehead atoms. The number of carbonyl (C=O) groups excluding carboxylic acids is 3. The van der Waals surface area contributed by atoms with Crippen LogP contribution in [0.2, 0.25) is 0 Å². The van der Waals surface area contributed by atoms with Crippen molar-refractivity contribution in [3.63, 3.8) is 0 Å². The smallest absolute Gasteiger partial charge is 0.306 e. The molecule has 0 saturated heterocycles. The maximum absolute atomic E-state index is 12.9. The number of likely N-dealkylation sites (N-methyl/N-ethyl adjacent to an activating group) is 1.